The Morgan fingerprint density at radius 2 is 1.96 bits per heavy atom. The standard InChI is InChI=1S/C11H20O.C7H11N3O/c1-3-12-11-6-9-4-8(2)5-10(9)7-11;8-4-6-2-1-3-10(6)7(11)5-9/h8-11H,3-7H2,1-2H3;6H,1-3,5,9H2/t8?,9-,10?,11?;/m1./s1. The van der Waals surface area contributed by atoms with E-state index < -0.39 is 0 Å². The minimum absolute atomic E-state index is 0.0121. The molecule has 0 aromatic carbocycles. The summed E-state index contributed by atoms with van der Waals surface area (Å²) in [5, 5.41) is 8.60. The lowest BCUT2D eigenvalue weighted by Gasteiger charge is -2.17. The van der Waals surface area contributed by atoms with Crippen molar-refractivity contribution in [2.45, 2.75) is 64.5 Å². The normalized spacial score (nSPS) is 35.4. The second-order valence-corrected chi connectivity index (χ2v) is 7.22. The molecule has 3 rings (SSSR count). The number of nitrogens with zero attached hydrogens (tertiary/aromatic N) is 2. The second-order valence-electron chi connectivity index (χ2n) is 7.22. The number of carbonyl (C=O) groups is 1. The van der Waals surface area contributed by atoms with Gasteiger partial charge >= 0.3 is 0 Å². The molecule has 2 aliphatic carbocycles. The molecule has 1 heterocycles. The van der Waals surface area contributed by atoms with Gasteiger partial charge in [0.15, 0.2) is 0 Å². The Kier molecular flexibility index (Phi) is 6.86. The fourth-order valence-corrected chi connectivity index (χ4v) is 4.55. The summed E-state index contributed by atoms with van der Waals surface area (Å²) in [4.78, 5) is 12.6. The van der Waals surface area contributed by atoms with E-state index in [1.807, 2.05) is 0 Å². The lowest BCUT2D eigenvalue weighted by molar-refractivity contribution is -0.129. The molecule has 0 aromatic heterocycles. The maximum atomic E-state index is 11.0. The highest BCUT2D eigenvalue weighted by Gasteiger charge is 2.40. The average Bonchev–Trinajstić information content (AvgIpc) is 3.21. The molecule has 3 aliphatic rings. The molecule has 0 spiro atoms. The summed E-state index contributed by atoms with van der Waals surface area (Å²) in [5.41, 5.74) is 5.17. The van der Waals surface area contributed by atoms with Crippen LogP contribution in [0.4, 0.5) is 0 Å². The van der Waals surface area contributed by atoms with Crippen LogP contribution in [-0.4, -0.2) is 42.6 Å². The van der Waals surface area contributed by atoms with Gasteiger partial charge in [-0.1, -0.05) is 6.92 Å². The van der Waals surface area contributed by atoms with Crippen LogP contribution in [0.2, 0.25) is 0 Å². The predicted molar refractivity (Wildman–Crippen MR) is 89.4 cm³/mol. The Morgan fingerprint density at radius 1 is 1.30 bits per heavy atom. The summed E-state index contributed by atoms with van der Waals surface area (Å²) < 4.78 is 5.67. The number of likely N-dealkylation sites (tertiary alicyclic amines) is 1. The highest BCUT2D eigenvalue weighted by Crippen LogP contribution is 2.47. The summed E-state index contributed by atoms with van der Waals surface area (Å²) in [6.45, 7) is 6.11. The zero-order valence-electron chi connectivity index (χ0n) is 14.5. The largest absolute Gasteiger partial charge is 0.378 e. The molecule has 1 amide bonds. The van der Waals surface area contributed by atoms with E-state index in [2.05, 4.69) is 19.9 Å². The third-order valence-corrected chi connectivity index (χ3v) is 5.51. The van der Waals surface area contributed by atoms with Crippen molar-refractivity contribution in [3.63, 3.8) is 0 Å². The number of rotatable bonds is 3. The zero-order chi connectivity index (χ0) is 16.8. The van der Waals surface area contributed by atoms with Gasteiger partial charge in [-0.3, -0.25) is 4.79 Å². The molecular weight excluding hydrogens is 290 g/mol. The van der Waals surface area contributed by atoms with Gasteiger partial charge in [-0.15, -0.1) is 0 Å². The van der Waals surface area contributed by atoms with Crippen LogP contribution >= 0.6 is 0 Å². The summed E-state index contributed by atoms with van der Waals surface area (Å²) in [6, 6.07) is 1.85. The highest BCUT2D eigenvalue weighted by molar-refractivity contribution is 5.78. The quantitative estimate of drug-likeness (QED) is 0.865. The summed E-state index contributed by atoms with van der Waals surface area (Å²) in [6.07, 6.45) is 7.96. The first-order valence-electron chi connectivity index (χ1n) is 9.09. The fraction of sp³-hybridized carbons (Fsp3) is 0.889. The molecule has 4 unspecified atom stereocenters. The number of hydrogen-bond acceptors (Lipinski definition) is 4. The molecule has 0 aromatic rings. The lowest BCUT2D eigenvalue weighted by atomic mass is 10.0. The molecule has 2 N–H and O–H groups in total. The molecule has 1 saturated heterocycles. The van der Waals surface area contributed by atoms with E-state index in [-0.39, 0.29) is 18.5 Å². The number of hydrogen-bond donors (Lipinski definition) is 1. The predicted octanol–water partition coefficient (Wildman–Crippen LogP) is 2.31. The maximum Gasteiger partial charge on any atom is 0.237 e. The van der Waals surface area contributed by atoms with Crippen molar-refractivity contribution in [1.82, 2.24) is 4.90 Å². The van der Waals surface area contributed by atoms with Crippen molar-refractivity contribution < 1.29 is 9.53 Å². The fourth-order valence-electron chi connectivity index (χ4n) is 4.55. The van der Waals surface area contributed by atoms with Gasteiger partial charge in [-0.05, 0) is 63.2 Å². The molecule has 0 radical (unpaired) electrons. The Balaban J connectivity index is 0.000000168. The van der Waals surface area contributed by atoms with Gasteiger partial charge in [0.05, 0.1) is 18.7 Å². The molecule has 0 bridgehead atoms. The van der Waals surface area contributed by atoms with Crippen LogP contribution in [0.3, 0.4) is 0 Å². The number of ether oxygens (including phenoxy) is 1. The van der Waals surface area contributed by atoms with Crippen LogP contribution in [0.15, 0.2) is 0 Å². The highest BCUT2D eigenvalue weighted by atomic mass is 16.5. The SMILES string of the molecule is CCOC1CC2CC(C)C[C@@H]2C1.N#CC1CCCN1C(=O)CN. The average molecular weight is 321 g/mol. The zero-order valence-corrected chi connectivity index (χ0v) is 14.5. The summed E-state index contributed by atoms with van der Waals surface area (Å²) in [5.74, 6) is 2.89. The first-order valence-corrected chi connectivity index (χ1v) is 9.09. The Morgan fingerprint density at radius 3 is 2.48 bits per heavy atom. The first kappa shape index (κ1) is 18.2. The van der Waals surface area contributed by atoms with Crippen LogP contribution in [-0.2, 0) is 9.53 Å². The monoisotopic (exact) mass is 321 g/mol. The van der Waals surface area contributed by atoms with Crippen molar-refractivity contribution in [3.05, 3.63) is 0 Å². The molecule has 3 fully saturated rings. The van der Waals surface area contributed by atoms with E-state index in [9.17, 15) is 4.79 Å². The van der Waals surface area contributed by atoms with Gasteiger partial charge in [0, 0.05) is 13.2 Å². The molecule has 130 valence electrons. The van der Waals surface area contributed by atoms with Crippen LogP contribution < -0.4 is 5.73 Å². The molecule has 5 atom stereocenters. The van der Waals surface area contributed by atoms with Crippen LogP contribution in [0.5, 0.6) is 0 Å². The molecular formula is C18H31N3O2. The van der Waals surface area contributed by atoms with E-state index in [1.54, 1.807) is 4.90 Å². The molecule has 5 nitrogen and oxygen atoms in total. The first-order chi connectivity index (χ1) is 11.1. The van der Waals surface area contributed by atoms with Crippen molar-refractivity contribution in [2.75, 3.05) is 19.7 Å². The number of amides is 1. The minimum Gasteiger partial charge on any atom is -0.378 e. The minimum atomic E-state index is -0.231. The van der Waals surface area contributed by atoms with Crippen molar-refractivity contribution in [1.29, 1.82) is 5.26 Å². The Hall–Kier alpha value is -1.12. The third-order valence-electron chi connectivity index (χ3n) is 5.51. The number of nitriles is 1. The van der Waals surface area contributed by atoms with E-state index in [0.717, 1.165) is 37.2 Å². The van der Waals surface area contributed by atoms with Gasteiger partial charge in [-0.2, -0.15) is 5.26 Å². The molecule has 2 saturated carbocycles. The number of carbonyl (C=O) groups excluding carboxylic acids is 1. The smallest absolute Gasteiger partial charge is 0.237 e. The van der Waals surface area contributed by atoms with E-state index in [4.69, 9.17) is 15.7 Å². The second kappa shape index (κ2) is 8.65. The van der Waals surface area contributed by atoms with E-state index in [0.29, 0.717) is 12.6 Å². The third kappa shape index (κ3) is 4.68. The van der Waals surface area contributed by atoms with Gasteiger partial charge in [-0.25, -0.2) is 0 Å². The lowest BCUT2D eigenvalue weighted by Crippen LogP contribution is -2.38. The van der Waals surface area contributed by atoms with Crippen molar-refractivity contribution in [3.8, 4) is 6.07 Å². The summed E-state index contributed by atoms with van der Waals surface area (Å²) in [7, 11) is 0. The maximum absolute atomic E-state index is 11.0. The van der Waals surface area contributed by atoms with Crippen LogP contribution in [0.1, 0.15) is 52.4 Å². The Labute approximate surface area is 140 Å². The summed E-state index contributed by atoms with van der Waals surface area (Å²) >= 11 is 0. The van der Waals surface area contributed by atoms with Crippen molar-refractivity contribution in [2.24, 2.45) is 23.5 Å². The van der Waals surface area contributed by atoms with Crippen LogP contribution in [0, 0.1) is 29.1 Å². The molecule has 5 heteroatoms. The van der Waals surface area contributed by atoms with Crippen molar-refractivity contribution >= 4 is 5.91 Å². The van der Waals surface area contributed by atoms with Gasteiger partial charge in [0.1, 0.15) is 6.04 Å². The topological polar surface area (TPSA) is 79.3 Å². The van der Waals surface area contributed by atoms with E-state index in [1.165, 1.54) is 25.7 Å². The molecule has 23 heavy (non-hydrogen) atoms. The molecule has 1 aliphatic heterocycles. The van der Waals surface area contributed by atoms with Gasteiger partial charge < -0.3 is 15.4 Å². The number of nitrogens with two attached hydrogens (primary N) is 1. The Bertz CT molecular complexity index is 420. The van der Waals surface area contributed by atoms with Crippen LogP contribution in [0.25, 0.3) is 0 Å². The van der Waals surface area contributed by atoms with Gasteiger partial charge in [0.25, 0.3) is 0 Å². The van der Waals surface area contributed by atoms with E-state index >= 15 is 0 Å². The number of fused-ring (bicyclic) bond motifs is 1. The van der Waals surface area contributed by atoms with Gasteiger partial charge in [0.2, 0.25) is 5.91 Å².